The van der Waals surface area contributed by atoms with Crippen LogP contribution in [0.25, 0.3) is 0 Å². The predicted molar refractivity (Wildman–Crippen MR) is 123 cm³/mol. The van der Waals surface area contributed by atoms with Crippen LogP contribution in [0.4, 0.5) is 22.2 Å². The molecule has 0 radical (unpaired) electrons. The zero-order chi connectivity index (χ0) is 23.4. The van der Waals surface area contributed by atoms with Crippen LogP contribution in [0.1, 0.15) is 34.1 Å². The first-order valence-corrected chi connectivity index (χ1v) is 10.5. The first kappa shape index (κ1) is 22.9. The van der Waals surface area contributed by atoms with Crippen molar-refractivity contribution in [2.45, 2.75) is 27.4 Å². The number of hydrogen-bond donors (Lipinski definition) is 1. The number of ether oxygens (including phenoxy) is 1. The summed E-state index contributed by atoms with van der Waals surface area (Å²) in [5.74, 6) is -0.894. The number of anilines is 3. The smallest absolute Gasteiger partial charge is 0.338 e. The van der Waals surface area contributed by atoms with Gasteiger partial charge in [-0.05, 0) is 37.6 Å². The number of aromatic nitrogens is 1. The van der Waals surface area contributed by atoms with Crippen molar-refractivity contribution in [1.82, 2.24) is 4.98 Å². The van der Waals surface area contributed by atoms with E-state index in [1.807, 2.05) is 32.0 Å². The molecule has 9 nitrogen and oxygen atoms in total. The molecule has 0 aliphatic heterocycles. The first-order chi connectivity index (χ1) is 15.2. The Balaban J connectivity index is 1.76. The molecule has 10 heteroatoms. The van der Waals surface area contributed by atoms with E-state index < -0.39 is 10.9 Å². The maximum Gasteiger partial charge on any atom is 0.338 e. The summed E-state index contributed by atoms with van der Waals surface area (Å²) >= 11 is 1.26. The lowest BCUT2D eigenvalue weighted by molar-refractivity contribution is -0.384. The zero-order valence-corrected chi connectivity index (χ0v) is 18.9. The van der Waals surface area contributed by atoms with Crippen molar-refractivity contribution >= 4 is 45.4 Å². The van der Waals surface area contributed by atoms with Gasteiger partial charge in [0.1, 0.15) is 12.3 Å². The van der Waals surface area contributed by atoms with Crippen LogP contribution in [-0.4, -0.2) is 28.8 Å². The number of nitro benzene ring substituents is 1. The first-order valence-electron chi connectivity index (χ1n) is 9.67. The number of aryl methyl sites for hydroxylation is 2. The van der Waals surface area contributed by atoms with Crippen LogP contribution in [0.2, 0.25) is 0 Å². The number of benzene rings is 2. The van der Waals surface area contributed by atoms with Gasteiger partial charge in [-0.1, -0.05) is 17.7 Å². The van der Waals surface area contributed by atoms with Gasteiger partial charge in [-0.15, -0.1) is 11.3 Å². The number of nitrogens with zero attached hydrogens (tertiary/aromatic N) is 3. The molecule has 0 atom stereocenters. The number of amides is 1. The van der Waals surface area contributed by atoms with Crippen molar-refractivity contribution in [3.63, 3.8) is 0 Å². The van der Waals surface area contributed by atoms with Crippen molar-refractivity contribution in [3.05, 3.63) is 74.3 Å². The van der Waals surface area contributed by atoms with Crippen LogP contribution in [0.15, 0.2) is 41.8 Å². The monoisotopic (exact) mass is 454 g/mol. The van der Waals surface area contributed by atoms with Crippen LogP contribution in [0.5, 0.6) is 0 Å². The van der Waals surface area contributed by atoms with Gasteiger partial charge in [0.15, 0.2) is 5.13 Å². The fourth-order valence-electron chi connectivity index (χ4n) is 3.17. The summed E-state index contributed by atoms with van der Waals surface area (Å²) in [7, 11) is 1.56. The van der Waals surface area contributed by atoms with E-state index in [-0.39, 0.29) is 23.8 Å². The minimum Gasteiger partial charge on any atom is -0.456 e. The molecule has 0 fully saturated rings. The van der Waals surface area contributed by atoms with Gasteiger partial charge in [0.25, 0.3) is 5.69 Å². The highest BCUT2D eigenvalue weighted by Crippen LogP contribution is 2.32. The SMILES string of the molecule is CNc1ccc(C(=O)OCc2csc(N(C(C)=O)c3ccc(C)cc3C)n2)cc1[N+](=O)[O-]. The van der Waals surface area contributed by atoms with Gasteiger partial charge in [0, 0.05) is 25.4 Å². The number of carbonyl (C=O) groups is 2. The normalized spacial score (nSPS) is 10.5. The lowest BCUT2D eigenvalue weighted by Crippen LogP contribution is -2.23. The Morgan fingerprint density at radius 3 is 2.59 bits per heavy atom. The second kappa shape index (κ2) is 9.56. The van der Waals surface area contributed by atoms with Crippen molar-refractivity contribution in [2.24, 2.45) is 0 Å². The molecule has 0 bridgehead atoms. The standard InChI is InChI=1S/C22H22N4O5S/c1-13-5-8-19(14(2)9-13)25(15(3)27)22-24-17(12-32-22)11-31-21(28)16-6-7-18(23-4)20(10-16)26(29)30/h5-10,12,23H,11H2,1-4H3. The number of nitrogens with one attached hydrogen (secondary N) is 1. The van der Waals surface area contributed by atoms with E-state index in [1.165, 1.54) is 35.3 Å². The zero-order valence-electron chi connectivity index (χ0n) is 18.0. The van der Waals surface area contributed by atoms with Gasteiger partial charge in [0.2, 0.25) is 5.91 Å². The molecular formula is C22H22N4O5S. The minimum atomic E-state index is -0.705. The fraction of sp³-hybridized carbons (Fsp3) is 0.227. The summed E-state index contributed by atoms with van der Waals surface area (Å²) in [5.41, 5.74) is 3.37. The van der Waals surface area contributed by atoms with E-state index in [0.717, 1.165) is 22.9 Å². The molecule has 0 unspecified atom stereocenters. The van der Waals surface area contributed by atoms with Gasteiger partial charge >= 0.3 is 5.97 Å². The fourth-order valence-corrected chi connectivity index (χ4v) is 4.04. The predicted octanol–water partition coefficient (Wildman–Crippen LogP) is 4.75. The maximum atomic E-state index is 12.4. The third kappa shape index (κ3) is 4.92. The summed E-state index contributed by atoms with van der Waals surface area (Å²) in [6, 6.07) is 9.84. The minimum absolute atomic E-state index is 0.0618. The summed E-state index contributed by atoms with van der Waals surface area (Å²) in [5, 5.41) is 16.1. The van der Waals surface area contributed by atoms with Crippen LogP contribution in [0, 0.1) is 24.0 Å². The molecule has 0 aliphatic carbocycles. The van der Waals surface area contributed by atoms with Crippen molar-refractivity contribution in [3.8, 4) is 0 Å². The highest BCUT2D eigenvalue weighted by molar-refractivity contribution is 7.14. The van der Waals surface area contributed by atoms with E-state index in [2.05, 4.69) is 10.3 Å². The van der Waals surface area contributed by atoms with Crippen LogP contribution < -0.4 is 10.2 Å². The van der Waals surface area contributed by atoms with E-state index in [0.29, 0.717) is 16.5 Å². The molecule has 1 aromatic heterocycles. The number of rotatable bonds is 7. The molecule has 1 heterocycles. The van der Waals surface area contributed by atoms with Gasteiger partial charge < -0.3 is 10.1 Å². The van der Waals surface area contributed by atoms with E-state index in [4.69, 9.17) is 4.74 Å². The molecule has 3 aromatic rings. The number of thiazole rings is 1. The summed E-state index contributed by atoms with van der Waals surface area (Å²) in [6.07, 6.45) is 0. The highest BCUT2D eigenvalue weighted by atomic mass is 32.1. The Labute approximate surface area is 188 Å². The second-order valence-corrected chi connectivity index (χ2v) is 7.92. The molecule has 32 heavy (non-hydrogen) atoms. The molecule has 3 rings (SSSR count). The average molecular weight is 455 g/mol. The topological polar surface area (TPSA) is 115 Å². The molecule has 0 spiro atoms. The Bertz CT molecular complexity index is 1190. The molecule has 0 saturated carbocycles. The Kier molecular flexibility index (Phi) is 6.84. The van der Waals surface area contributed by atoms with E-state index in [1.54, 1.807) is 12.4 Å². The van der Waals surface area contributed by atoms with Crippen LogP contribution >= 0.6 is 11.3 Å². The number of carbonyl (C=O) groups excluding carboxylic acids is 2. The van der Waals surface area contributed by atoms with Gasteiger partial charge in [-0.2, -0.15) is 0 Å². The Morgan fingerprint density at radius 1 is 1.22 bits per heavy atom. The summed E-state index contributed by atoms with van der Waals surface area (Å²) < 4.78 is 5.28. The third-order valence-electron chi connectivity index (χ3n) is 4.69. The highest BCUT2D eigenvalue weighted by Gasteiger charge is 2.21. The molecule has 2 aromatic carbocycles. The van der Waals surface area contributed by atoms with Crippen molar-refractivity contribution < 1.29 is 19.2 Å². The van der Waals surface area contributed by atoms with Crippen LogP contribution in [0.3, 0.4) is 0 Å². The number of esters is 1. The van der Waals surface area contributed by atoms with Gasteiger partial charge in [-0.3, -0.25) is 19.8 Å². The van der Waals surface area contributed by atoms with Gasteiger partial charge in [-0.25, -0.2) is 9.78 Å². The second-order valence-electron chi connectivity index (χ2n) is 7.08. The molecule has 0 aliphatic rings. The largest absolute Gasteiger partial charge is 0.456 e. The summed E-state index contributed by atoms with van der Waals surface area (Å²) in [6.45, 7) is 5.23. The van der Waals surface area contributed by atoms with Crippen LogP contribution in [-0.2, 0) is 16.1 Å². The average Bonchev–Trinajstić information content (AvgIpc) is 3.21. The molecule has 1 amide bonds. The number of nitro groups is 1. The van der Waals surface area contributed by atoms with Crippen molar-refractivity contribution in [2.75, 3.05) is 17.3 Å². The molecule has 166 valence electrons. The molecule has 1 N–H and O–H groups in total. The molecular weight excluding hydrogens is 432 g/mol. The Hall–Kier alpha value is -3.79. The third-order valence-corrected chi connectivity index (χ3v) is 5.56. The summed E-state index contributed by atoms with van der Waals surface area (Å²) in [4.78, 5) is 41.3. The molecule has 0 saturated heterocycles. The quantitative estimate of drug-likeness (QED) is 0.311. The lowest BCUT2D eigenvalue weighted by Gasteiger charge is -2.20. The maximum absolute atomic E-state index is 12.4. The Morgan fingerprint density at radius 2 is 1.97 bits per heavy atom. The van der Waals surface area contributed by atoms with Crippen molar-refractivity contribution in [1.29, 1.82) is 0 Å². The van der Waals surface area contributed by atoms with E-state index in [9.17, 15) is 19.7 Å². The lowest BCUT2D eigenvalue weighted by atomic mass is 10.1. The van der Waals surface area contributed by atoms with E-state index >= 15 is 0 Å². The van der Waals surface area contributed by atoms with Gasteiger partial charge in [0.05, 0.1) is 21.9 Å². The number of hydrogen-bond acceptors (Lipinski definition) is 8.